The highest BCUT2D eigenvalue weighted by Crippen LogP contribution is 2.41. The van der Waals surface area contributed by atoms with Gasteiger partial charge in [-0.15, -0.1) is 0 Å². The van der Waals surface area contributed by atoms with E-state index in [1.807, 2.05) is 30.3 Å². The van der Waals surface area contributed by atoms with E-state index in [-0.39, 0.29) is 11.7 Å². The lowest BCUT2D eigenvalue weighted by molar-refractivity contribution is -0.110. The summed E-state index contributed by atoms with van der Waals surface area (Å²) < 4.78 is 13.9. The Bertz CT molecular complexity index is 1300. The Balaban J connectivity index is 1.62. The molecule has 2 N–H and O–H groups in total. The van der Waals surface area contributed by atoms with Gasteiger partial charge in [0.05, 0.1) is 5.57 Å². The highest BCUT2D eigenvalue weighted by molar-refractivity contribution is 6.36. The van der Waals surface area contributed by atoms with Crippen LogP contribution >= 0.6 is 0 Å². The number of aromatic amines is 1. The number of hydrogen-bond donors (Lipinski definition) is 2. The van der Waals surface area contributed by atoms with E-state index >= 15 is 0 Å². The first kappa shape index (κ1) is 20.5. The molecule has 5 rings (SSSR count). The van der Waals surface area contributed by atoms with Crippen molar-refractivity contribution < 1.29 is 9.18 Å². The minimum atomic E-state index is -0.296. The zero-order valence-electron chi connectivity index (χ0n) is 18.6. The van der Waals surface area contributed by atoms with Crippen LogP contribution in [0.15, 0.2) is 48.5 Å². The van der Waals surface area contributed by atoms with E-state index < -0.39 is 0 Å². The summed E-state index contributed by atoms with van der Waals surface area (Å²) in [4.78, 5) is 18.7. The Kier molecular flexibility index (Phi) is 5.06. The van der Waals surface area contributed by atoms with Crippen LogP contribution in [0, 0.1) is 19.7 Å². The number of carbonyl (C=O) groups excluding carboxylic acids is 1. The van der Waals surface area contributed by atoms with Crippen molar-refractivity contribution in [1.29, 1.82) is 0 Å². The fourth-order valence-electron chi connectivity index (χ4n) is 4.83. The molecule has 2 aromatic carbocycles. The van der Waals surface area contributed by atoms with Crippen LogP contribution in [0.1, 0.15) is 34.5 Å². The average molecular weight is 428 g/mol. The number of halogens is 1. The molecule has 32 heavy (non-hydrogen) atoms. The molecule has 1 aromatic heterocycles. The number of rotatable bonds is 3. The van der Waals surface area contributed by atoms with Gasteiger partial charge in [-0.05, 0) is 73.9 Å². The van der Waals surface area contributed by atoms with Gasteiger partial charge in [0, 0.05) is 41.3 Å². The van der Waals surface area contributed by atoms with Gasteiger partial charge in [-0.25, -0.2) is 4.39 Å². The zero-order chi connectivity index (χ0) is 22.4. The Labute approximate surface area is 187 Å². The van der Waals surface area contributed by atoms with E-state index in [9.17, 15) is 9.18 Å². The second kappa shape index (κ2) is 7.92. The third-order valence-electron chi connectivity index (χ3n) is 6.46. The van der Waals surface area contributed by atoms with E-state index in [1.54, 1.807) is 6.07 Å². The molecule has 3 heterocycles. The molecule has 0 fully saturated rings. The molecule has 0 unspecified atom stereocenters. The summed E-state index contributed by atoms with van der Waals surface area (Å²) in [6, 6.07) is 12.2. The highest BCUT2D eigenvalue weighted by atomic mass is 19.1. The monoisotopic (exact) mass is 427 g/mol. The molecule has 1 amide bonds. The van der Waals surface area contributed by atoms with E-state index in [0.29, 0.717) is 5.57 Å². The Hall–Kier alpha value is -3.44. The molecule has 0 atom stereocenters. The SMILES string of the molecule is Cc1[nH]c(C=C2C(=O)Nc3cccc(-c4cccc(F)c4)c32)c(C)c1C1=CCN(C)CC1. The number of carbonyl (C=O) groups is 1. The van der Waals surface area contributed by atoms with Gasteiger partial charge in [-0.2, -0.15) is 0 Å². The molecule has 0 radical (unpaired) electrons. The maximum Gasteiger partial charge on any atom is 0.256 e. The minimum absolute atomic E-state index is 0.143. The van der Waals surface area contributed by atoms with Crippen LogP contribution in [0.2, 0.25) is 0 Å². The van der Waals surface area contributed by atoms with Crippen molar-refractivity contribution in [2.24, 2.45) is 0 Å². The number of nitrogens with one attached hydrogen (secondary N) is 2. The van der Waals surface area contributed by atoms with Crippen molar-refractivity contribution in [3.8, 4) is 11.1 Å². The van der Waals surface area contributed by atoms with Gasteiger partial charge in [-0.3, -0.25) is 4.79 Å². The molecule has 0 saturated heterocycles. The summed E-state index contributed by atoms with van der Waals surface area (Å²) in [6.45, 7) is 6.18. The van der Waals surface area contributed by atoms with Crippen molar-refractivity contribution in [3.63, 3.8) is 0 Å². The van der Waals surface area contributed by atoms with Crippen LogP contribution in [-0.2, 0) is 4.79 Å². The van der Waals surface area contributed by atoms with E-state index in [1.165, 1.54) is 23.3 Å². The van der Waals surface area contributed by atoms with Crippen molar-refractivity contribution in [1.82, 2.24) is 9.88 Å². The molecular weight excluding hydrogens is 401 g/mol. The van der Waals surface area contributed by atoms with Crippen LogP contribution in [0.25, 0.3) is 28.3 Å². The van der Waals surface area contributed by atoms with E-state index in [4.69, 9.17) is 0 Å². The third-order valence-corrected chi connectivity index (χ3v) is 6.46. The molecule has 0 bridgehead atoms. The molecule has 5 heteroatoms. The standard InChI is InChI=1S/C27H26FN3O/c1-16-24(29-17(2)25(16)18-10-12-31(3)13-11-18)15-22-26-21(19-6-4-7-20(28)14-19)8-5-9-23(26)30-27(22)32/h4-10,14-15,29H,11-13H2,1-3H3,(H,30,32). The summed E-state index contributed by atoms with van der Waals surface area (Å²) in [5.41, 5.74) is 9.55. The first-order chi connectivity index (χ1) is 15.4. The molecule has 0 spiro atoms. The zero-order valence-corrected chi connectivity index (χ0v) is 18.6. The van der Waals surface area contributed by atoms with Gasteiger partial charge in [0.25, 0.3) is 5.91 Å². The maximum absolute atomic E-state index is 13.9. The average Bonchev–Trinajstić information content (AvgIpc) is 3.24. The number of benzene rings is 2. The number of nitrogens with zero attached hydrogens (tertiary/aromatic N) is 1. The topological polar surface area (TPSA) is 48.1 Å². The summed E-state index contributed by atoms with van der Waals surface area (Å²) in [5, 5.41) is 2.97. The number of fused-ring (bicyclic) bond motifs is 1. The van der Waals surface area contributed by atoms with Gasteiger partial charge < -0.3 is 15.2 Å². The molecule has 162 valence electrons. The molecule has 0 aliphatic carbocycles. The summed E-state index contributed by atoms with van der Waals surface area (Å²) in [5.74, 6) is -0.439. The predicted octanol–water partition coefficient (Wildman–Crippen LogP) is 5.65. The fourth-order valence-corrected chi connectivity index (χ4v) is 4.83. The molecular formula is C27H26FN3O. The summed E-state index contributed by atoms with van der Waals surface area (Å²) in [7, 11) is 2.13. The molecule has 2 aliphatic rings. The van der Waals surface area contributed by atoms with Gasteiger partial charge >= 0.3 is 0 Å². The van der Waals surface area contributed by atoms with Crippen LogP contribution in [-0.4, -0.2) is 35.9 Å². The number of hydrogen-bond acceptors (Lipinski definition) is 2. The van der Waals surface area contributed by atoms with Crippen molar-refractivity contribution in [2.75, 3.05) is 25.5 Å². The number of amides is 1. The minimum Gasteiger partial charge on any atom is -0.358 e. The smallest absolute Gasteiger partial charge is 0.256 e. The Morgan fingerprint density at radius 1 is 1.09 bits per heavy atom. The second-order valence-electron chi connectivity index (χ2n) is 8.66. The molecule has 0 saturated carbocycles. The largest absolute Gasteiger partial charge is 0.358 e. The first-order valence-corrected chi connectivity index (χ1v) is 10.9. The number of anilines is 1. The molecule has 3 aromatic rings. The van der Waals surface area contributed by atoms with Crippen LogP contribution in [0.3, 0.4) is 0 Å². The van der Waals surface area contributed by atoms with Crippen molar-refractivity contribution in [2.45, 2.75) is 20.3 Å². The molecule has 4 nitrogen and oxygen atoms in total. The first-order valence-electron chi connectivity index (χ1n) is 10.9. The van der Waals surface area contributed by atoms with Crippen LogP contribution in [0.5, 0.6) is 0 Å². The summed E-state index contributed by atoms with van der Waals surface area (Å²) >= 11 is 0. The number of H-pyrrole nitrogens is 1. The van der Waals surface area contributed by atoms with Gasteiger partial charge in [0.2, 0.25) is 0 Å². The summed E-state index contributed by atoms with van der Waals surface area (Å²) in [6.07, 6.45) is 5.24. The second-order valence-corrected chi connectivity index (χ2v) is 8.66. The lowest BCUT2D eigenvalue weighted by atomic mass is 9.93. The predicted molar refractivity (Wildman–Crippen MR) is 129 cm³/mol. The Morgan fingerprint density at radius 3 is 2.66 bits per heavy atom. The number of aryl methyl sites for hydroxylation is 1. The molecule has 2 aliphatic heterocycles. The number of aromatic nitrogens is 1. The van der Waals surface area contributed by atoms with Crippen molar-refractivity contribution >= 4 is 28.8 Å². The van der Waals surface area contributed by atoms with Gasteiger partial charge in [0.15, 0.2) is 0 Å². The van der Waals surface area contributed by atoms with Gasteiger partial charge in [-0.1, -0.05) is 30.3 Å². The van der Waals surface area contributed by atoms with E-state index in [2.05, 4.69) is 42.2 Å². The maximum atomic E-state index is 13.9. The number of likely N-dealkylation sites (N-methyl/N-ethyl adjacent to an activating group) is 1. The van der Waals surface area contributed by atoms with Crippen LogP contribution < -0.4 is 5.32 Å². The Morgan fingerprint density at radius 2 is 1.91 bits per heavy atom. The quantitative estimate of drug-likeness (QED) is 0.531. The lowest BCUT2D eigenvalue weighted by Gasteiger charge is -2.22. The third kappa shape index (κ3) is 3.49. The fraction of sp³-hybridized carbons (Fsp3) is 0.222. The lowest BCUT2D eigenvalue weighted by Crippen LogP contribution is -2.23. The van der Waals surface area contributed by atoms with Crippen molar-refractivity contribution in [3.05, 3.63) is 82.4 Å². The van der Waals surface area contributed by atoms with E-state index in [0.717, 1.165) is 58.8 Å². The van der Waals surface area contributed by atoms with Gasteiger partial charge in [0.1, 0.15) is 5.82 Å². The normalized spacial score (nSPS) is 17.4. The highest BCUT2D eigenvalue weighted by Gasteiger charge is 2.28. The van der Waals surface area contributed by atoms with Crippen LogP contribution in [0.4, 0.5) is 10.1 Å².